The van der Waals surface area contributed by atoms with Crippen LogP contribution in [0.1, 0.15) is 6.42 Å². The molecule has 1 saturated heterocycles. The van der Waals surface area contributed by atoms with E-state index in [0.29, 0.717) is 13.1 Å². The first kappa shape index (κ1) is 14.7. The summed E-state index contributed by atoms with van der Waals surface area (Å²) in [6.45, 7) is 0.670. The van der Waals surface area contributed by atoms with E-state index in [1.807, 2.05) is 0 Å². The number of allylic oxidation sites excluding steroid dienone is 4. The van der Waals surface area contributed by atoms with Gasteiger partial charge in [0.1, 0.15) is 0 Å². The third-order valence-electron chi connectivity index (χ3n) is 4.93. The lowest BCUT2D eigenvalue weighted by Gasteiger charge is -2.29. The lowest BCUT2D eigenvalue weighted by molar-refractivity contribution is 0.286. The van der Waals surface area contributed by atoms with Gasteiger partial charge in [-0.05, 0) is 29.5 Å². The Balaban J connectivity index is 1.65. The van der Waals surface area contributed by atoms with E-state index in [-0.39, 0.29) is 24.3 Å². The Kier molecular flexibility index (Phi) is 3.66. The number of nitrogens with zero attached hydrogens (tertiary/aromatic N) is 7. The van der Waals surface area contributed by atoms with Gasteiger partial charge in [0, 0.05) is 28.6 Å². The predicted octanol–water partition coefficient (Wildman–Crippen LogP) is 2.42. The SMILES string of the molecule is [N-]=[N+]=NCC1=CC2=C(CC1CN=[N+]=[N-])NC1NC3C=CC=CC3N21. The Morgan fingerprint density at radius 1 is 1.21 bits per heavy atom. The van der Waals surface area contributed by atoms with Crippen molar-refractivity contribution in [1.29, 1.82) is 0 Å². The maximum absolute atomic E-state index is 8.64. The first-order valence-corrected chi connectivity index (χ1v) is 7.93. The number of hydrogen-bond acceptors (Lipinski definition) is 5. The van der Waals surface area contributed by atoms with E-state index in [4.69, 9.17) is 11.1 Å². The van der Waals surface area contributed by atoms with Crippen molar-refractivity contribution in [3.63, 3.8) is 0 Å². The lowest BCUT2D eigenvalue weighted by Crippen LogP contribution is -2.41. The first-order chi connectivity index (χ1) is 11.8. The highest BCUT2D eigenvalue weighted by molar-refractivity contribution is 5.42. The molecular formula is C15H17N9. The van der Waals surface area contributed by atoms with E-state index in [9.17, 15) is 0 Å². The standard InChI is InChI=1S/C15H17N9/c16-22-18-7-9-5-12-14(6-10(9)8-19-23-17)24-13-4-2-1-3-11(13)20-15(24)21-12/h1-4,6,9,11,13,15,20-21H,5,7-8H2. The van der Waals surface area contributed by atoms with E-state index >= 15 is 0 Å². The van der Waals surface area contributed by atoms with Crippen LogP contribution in [-0.4, -0.2) is 36.4 Å². The molecule has 0 aromatic rings. The second-order valence-electron chi connectivity index (χ2n) is 6.19. The molecule has 0 amide bonds. The van der Waals surface area contributed by atoms with Gasteiger partial charge in [0.25, 0.3) is 0 Å². The minimum absolute atomic E-state index is 0.0626. The van der Waals surface area contributed by atoms with Gasteiger partial charge in [0.05, 0.1) is 17.8 Å². The molecule has 2 aliphatic heterocycles. The molecular weight excluding hydrogens is 306 g/mol. The quantitative estimate of drug-likeness (QED) is 0.469. The predicted molar refractivity (Wildman–Crippen MR) is 89.0 cm³/mol. The molecule has 1 fully saturated rings. The Morgan fingerprint density at radius 3 is 2.88 bits per heavy atom. The summed E-state index contributed by atoms with van der Waals surface area (Å²) in [5.41, 5.74) is 20.5. The second-order valence-corrected chi connectivity index (χ2v) is 6.19. The Hall–Kier alpha value is -2.86. The summed E-state index contributed by atoms with van der Waals surface area (Å²) in [6, 6.07) is 0.557. The zero-order valence-electron chi connectivity index (χ0n) is 12.9. The fourth-order valence-corrected chi connectivity index (χ4v) is 3.86. The highest BCUT2D eigenvalue weighted by Crippen LogP contribution is 2.39. The maximum Gasteiger partial charge on any atom is 0.156 e. The van der Waals surface area contributed by atoms with Crippen molar-refractivity contribution >= 4 is 0 Å². The van der Waals surface area contributed by atoms with E-state index in [1.165, 1.54) is 0 Å². The molecule has 2 heterocycles. The molecule has 4 rings (SSSR count). The molecule has 4 unspecified atom stereocenters. The van der Waals surface area contributed by atoms with Crippen LogP contribution >= 0.6 is 0 Å². The molecule has 2 N–H and O–H groups in total. The van der Waals surface area contributed by atoms with Gasteiger partial charge in [-0.25, -0.2) is 0 Å². The lowest BCUT2D eigenvalue weighted by atomic mass is 9.88. The van der Waals surface area contributed by atoms with Crippen LogP contribution in [0.2, 0.25) is 0 Å². The van der Waals surface area contributed by atoms with Crippen molar-refractivity contribution in [1.82, 2.24) is 15.5 Å². The molecule has 0 aromatic heterocycles. The normalized spacial score (nSPS) is 32.2. The average Bonchev–Trinajstić information content (AvgIpc) is 3.12. The van der Waals surface area contributed by atoms with Crippen molar-refractivity contribution in [3.05, 3.63) is 68.2 Å². The van der Waals surface area contributed by atoms with Crippen molar-refractivity contribution in [3.8, 4) is 0 Å². The summed E-state index contributed by atoms with van der Waals surface area (Å²) in [4.78, 5) is 8.06. The van der Waals surface area contributed by atoms with Crippen LogP contribution in [0.25, 0.3) is 20.9 Å². The van der Waals surface area contributed by atoms with Crippen LogP contribution < -0.4 is 10.6 Å². The topological polar surface area (TPSA) is 125 Å². The zero-order chi connectivity index (χ0) is 16.5. The maximum atomic E-state index is 8.64. The minimum Gasteiger partial charge on any atom is -0.355 e. The van der Waals surface area contributed by atoms with Crippen molar-refractivity contribution in [2.45, 2.75) is 24.8 Å². The van der Waals surface area contributed by atoms with E-state index in [2.05, 4.69) is 66.0 Å². The summed E-state index contributed by atoms with van der Waals surface area (Å²) >= 11 is 0. The minimum atomic E-state index is 0.0626. The Morgan fingerprint density at radius 2 is 2.04 bits per heavy atom. The Bertz CT molecular complexity index is 764. The van der Waals surface area contributed by atoms with Crippen LogP contribution in [0.4, 0.5) is 0 Å². The monoisotopic (exact) mass is 323 g/mol. The molecule has 9 heteroatoms. The fraction of sp³-hybridized carbons (Fsp3) is 0.467. The van der Waals surface area contributed by atoms with Gasteiger partial charge in [-0.2, -0.15) is 0 Å². The molecule has 0 bridgehead atoms. The summed E-state index contributed by atoms with van der Waals surface area (Å²) in [5.74, 6) is 0.0651. The Labute approximate surface area is 138 Å². The van der Waals surface area contributed by atoms with Crippen LogP contribution in [0.3, 0.4) is 0 Å². The molecule has 2 aliphatic carbocycles. The molecule has 24 heavy (non-hydrogen) atoms. The summed E-state index contributed by atoms with van der Waals surface area (Å²) in [7, 11) is 0. The number of hydrogen-bond donors (Lipinski definition) is 2. The van der Waals surface area contributed by atoms with Gasteiger partial charge in [-0.15, -0.1) is 0 Å². The molecule has 122 valence electrons. The molecule has 9 nitrogen and oxygen atoms in total. The number of azide groups is 2. The molecule has 4 aliphatic rings. The van der Waals surface area contributed by atoms with Crippen LogP contribution in [0.5, 0.6) is 0 Å². The van der Waals surface area contributed by atoms with E-state index in [0.717, 1.165) is 23.4 Å². The van der Waals surface area contributed by atoms with Crippen LogP contribution in [0, 0.1) is 5.92 Å². The fourth-order valence-electron chi connectivity index (χ4n) is 3.86. The molecule has 0 aromatic carbocycles. The van der Waals surface area contributed by atoms with Crippen molar-refractivity contribution in [2.75, 3.05) is 13.1 Å². The third-order valence-corrected chi connectivity index (χ3v) is 4.93. The molecule has 0 radical (unpaired) electrons. The van der Waals surface area contributed by atoms with Gasteiger partial charge < -0.3 is 10.2 Å². The summed E-state index contributed by atoms with van der Waals surface area (Å²) in [5, 5.41) is 14.5. The van der Waals surface area contributed by atoms with Gasteiger partial charge in [-0.1, -0.05) is 40.1 Å². The highest BCUT2D eigenvalue weighted by Gasteiger charge is 2.45. The molecule has 4 atom stereocenters. The van der Waals surface area contributed by atoms with Crippen LogP contribution in [0.15, 0.2) is 57.6 Å². The molecule has 0 spiro atoms. The highest BCUT2D eigenvalue weighted by atomic mass is 15.5. The van der Waals surface area contributed by atoms with Crippen LogP contribution in [-0.2, 0) is 0 Å². The number of nitrogens with one attached hydrogen (secondary N) is 2. The summed E-state index contributed by atoms with van der Waals surface area (Å²) < 4.78 is 0. The number of rotatable bonds is 4. The average molecular weight is 323 g/mol. The van der Waals surface area contributed by atoms with Gasteiger partial charge in [0.2, 0.25) is 0 Å². The van der Waals surface area contributed by atoms with Gasteiger partial charge in [0.15, 0.2) is 6.29 Å². The van der Waals surface area contributed by atoms with Crippen molar-refractivity contribution < 1.29 is 0 Å². The van der Waals surface area contributed by atoms with Crippen molar-refractivity contribution in [2.24, 2.45) is 16.1 Å². The van der Waals surface area contributed by atoms with Gasteiger partial charge in [-0.3, -0.25) is 5.32 Å². The van der Waals surface area contributed by atoms with Gasteiger partial charge >= 0.3 is 0 Å². The smallest absolute Gasteiger partial charge is 0.156 e. The largest absolute Gasteiger partial charge is 0.355 e. The second kappa shape index (κ2) is 5.98. The molecule has 0 saturated carbocycles. The van der Waals surface area contributed by atoms with E-state index < -0.39 is 0 Å². The van der Waals surface area contributed by atoms with E-state index in [1.54, 1.807) is 0 Å². The summed E-state index contributed by atoms with van der Waals surface area (Å²) in [6.07, 6.45) is 11.4. The number of fused-ring (bicyclic) bond motifs is 4. The third kappa shape index (κ3) is 2.32. The zero-order valence-corrected chi connectivity index (χ0v) is 12.9. The first-order valence-electron chi connectivity index (χ1n) is 7.93.